The summed E-state index contributed by atoms with van der Waals surface area (Å²) in [6.07, 6.45) is 2.11. The van der Waals surface area contributed by atoms with Crippen molar-refractivity contribution in [2.75, 3.05) is 26.4 Å². The third-order valence-corrected chi connectivity index (χ3v) is 4.86. The van der Waals surface area contributed by atoms with Crippen molar-refractivity contribution in [2.45, 2.75) is 33.6 Å². The summed E-state index contributed by atoms with van der Waals surface area (Å²) < 4.78 is 16.6. The van der Waals surface area contributed by atoms with Gasteiger partial charge in [-0.15, -0.1) is 0 Å². The molecule has 0 aliphatic carbocycles. The first-order chi connectivity index (χ1) is 12.5. The Balaban J connectivity index is 1.71. The Morgan fingerprint density at radius 3 is 2.81 bits per heavy atom. The molecule has 26 heavy (non-hydrogen) atoms. The average Bonchev–Trinajstić information content (AvgIpc) is 2.63. The number of fused-ring (bicyclic) bond motifs is 1. The zero-order valence-corrected chi connectivity index (χ0v) is 15.5. The first-order valence-corrected chi connectivity index (χ1v) is 8.97. The van der Waals surface area contributed by atoms with E-state index in [-0.39, 0.29) is 18.1 Å². The van der Waals surface area contributed by atoms with Crippen LogP contribution in [0.25, 0.3) is 11.0 Å². The lowest BCUT2D eigenvalue weighted by Gasteiger charge is -2.22. The zero-order valence-electron chi connectivity index (χ0n) is 15.5. The molecule has 140 valence electrons. The van der Waals surface area contributed by atoms with Gasteiger partial charge in [-0.25, -0.2) is 4.79 Å². The van der Waals surface area contributed by atoms with Crippen molar-refractivity contribution in [3.05, 3.63) is 39.2 Å². The fourth-order valence-corrected chi connectivity index (χ4v) is 3.22. The molecule has 1 aliphatic rings. The van der Waals surface area contributed by atoms with Crippen molar-refractivity contribution in [2.24, 2.45) is 5.92 Å². The predicted molar refractivity (Wildman–Crippen MR) is 98.7 cm³/mol. The molecule has 6 heteroatoms. The number of carbonyl (C=O) groups excluding carboxylic acids is 1. The molecule has 6 nitrogen and oxygen atoms in total. The van der Waals surface area contributed by atoms with Gasteiger partial charge in [-0.05, 0) is 62.8 Å². The molecule has 0 radical (unpaired) electrons. The second kappa shape index (κ2) is 7.91. The standard InChI is InChI=1S/C20H25NO5/c1-12-7-16(19-13(2)14(3)20(23)26-17(19)8-12)25-11-18(22)21-9-15-5-4-6-24-10-15/h7-8,15H,4-6,9-11H2,1-3H3,(H,21,22). The highest BCUT2D eigenvalue weighted by Crippen LogP contribution is 2.30. The maximum atomic E-state index is 12.1. The molecule has 2 heterocycles. The van der Waals surface area contributed by atoms with E-state index < -0.39 is 0 Å². The molecular formula is C20H25NO5. The van der Waals surface area contributed by atoms with Gasteiger partial charge in [0.15, 0.2) is 6.61 Å². The predicted octanol–water partition coefficient (Wildman–Crippen LogP) is 2.64. The molecule has 2 aromatic rings. The van der Waals surface area contributed by atoms with Crippen molar-refractivity contribution < 1.29 is 18.7 Å². The van der Waals surface area contributed by atoms with Crippen LogP contribution in [0.3, 0.4) is 0 Å². The van der Waals surface area contributed by atoms with Gasteiger partial charge < -0.3 is 19.2 Å². The SMILES string of the molecule is Cc1cc(OCC(=O)NCC2CCCOC2)c2c(C)c(C)c(=O)oc2c1. The van der Waals surface area contributed by atoms with Crippen LogP contribution in [-0.4, -0.2) is 32.3 Å². The van der Waals surface area contributed by atoms with Crippen molar-refractivity contribution in [1.29, 1.82) is 0 Å². The van der Waals surface area contributed by atoms with Crippen LogP contribution in [-0.2, 0) is 9.53 Å². The molecule has 1 unspecified atom stereocenters. The van der Waals surface area contributed by atoms with Crippen LogP contribution in [0.4, 0.5) is 0 Å². The van der Waals surface area contributed by atoms with Gasteiger partial charge in [-0.3, -0.25) is 4.79 Å². The summed E-state index contributed by atoms with van der Waals surface area (Å²) in [5, 5.41) is 3.64. The molecule has 1 aliphatic heterocycles. The third-order valence-electron chi connectivity index (χ3n) is 4.86. The van der Waals surface area contributed by atoms with Gasteiger partial charge in [-0.2, -0.15) is 0 Å². The Bertz CT molecular complexity index is 865. The Kier molecular flexibility index (Phi) is 5.61. The number of hydrogen-bond acceptors (Lipinski definition) is 5. The van der Waals surface area contributed by atoms with Gasteiger partial charge in [-0.1, -0.05) is 0 Å². The van der Waals surface area contributed by atoms with Crippen LogP contribution in [0, 0.1) is 26.7 Å². The van der Waals surface area contributed by atoms with Crippen LogP contribution in [0.5, 0.6) is 5.75 Å². The highest BCUT2D eigenvalue weighted by Gasteiger charge is 2.17. The van der Waals surface area contributed by atoms with E-state index in [4.69, 9.17) is 13.9 Å². The molecule has 0 spiro atoms. The lowest BCUT2D eigenvalue weighted by Crippen LogP contribution is -2.35. The van der Waals surface area contributed by atoms with Crippen LogP contribution >= 0.6 is 0 Å². The lowest BCUT2D eigenvalue weighted by molar-refractivity contribution is -0.123. The summed E-state index contributed by atoms with van der Waals surface area (Å²) in [5.41, 5.74) is 2.39. The van der Waals surface area contributed by atoms with Crippen LogP contribution in [0.2, 0.25) is 0 Å². The summed E-state index contributed by atoms with van der Waals surface area (Å²) >= 11 is 0. The molecule has 1 atom stereocenters. The zero-order chi connectivity index (χ0) is 18.7. The first-order valence-electron chi connectivity index (χ1n) is 8.97. The first kappa shape index (κ1) is 18.5. The van der Waals surface area contributed by atoms with E-state index in [0.717, 1.165) is 36.0 Å². The van der Waals surface area contributed by atoms with Crippen LogP contribution in [0.1, 0.15) is 29.5 Å². The van der Waals surface area contributed by atoms with Crippen LogP contribution < -0.4 is 15.7 Å². The van der Waals surface area contributed by atoms with Gasteiger partial charge in [0, 0.05) is 18.7 Å². The highest BCUT2D eigenvalue weighted by atomic mass is 16.5. The van der Waals surface area contributed by atoms with Gasteiger partial charge in [0.25, 0.3) is 5.91 Å². The van der Waals surface area contributed by atoms with Gasteiger partial charge >= 0.3 is 5.63 Å². The van der Waals surface area contributed by atoms with E-state index in [1.807, 2.05) is 19.9 Å². The Morgan fingerprint density at radius 1 is 1.27 bits per heavy atom. The number of carbonyl (C=O) groups is 1. The van der Waals surface area contributed by atoms with Crippen molar-refractivity contribution in [1.82, 2.24) is 5.32 Å². The van der Waals surface area contributed by atoms with Gasteiger partial charge in [0.05, 0.1) is 12.0 Å². The minimum Gasteiger partial charge on any atom is -0.483 e. The van der Waals surface area contributed by atoms with E-state index in [1.165, 1.54) is 0 Å². The summed E-state index contributed by atoms with van der Waals surface area (Å²) in [7, 11) is 0. The second-order valence-corrected chi connectivity index (χ2v) is 6.95. The normalized spacial score (nSPS) is 17.3. The second-order valence-electron chi connectivity index (χ2n) is 6.95. The molecular weight excluding hydrogens is 334 g/mol. The van der Waals surface area contributed by atoms with E-state index in [2.05, 4.69) is 5.32 Å². The molecule has 3 rings (SSSR count). The number of aryl methyl sites for hydroxylation is 2. The summed E-state index contributed by atoms with van der Waals surface area (Å²) in [4.78, 5) is 24.0. The molecule has 1 saturated heterocycles. The topological polar surface area (TPSA) is 77.8 Å². The summed E-state index contributed by atoms with van der Waals surface area (Å²) in [6, 6.07) is 3.66. The van der Waals surface area contributed by atoms with Gasteiger partial charge in [0.2, 0.25) is 0 Å². The maximum absolute atomic E-state index is 12.1. The minimum atomic E-state index is -0.348. The van der Waals surface area contributed by atoms with Crippen molar-refractivity contribution >= 4 is 16.9 Å². The fraction of sp³-hybridized carbons (Fsp3) is 0.500. The summed E-state index contributed by atoms with van der Waals surface area (Å²) in [6.45, 7) is 7.51. The van der Waals surface area contributed by atoms with E-state index >= 15 is 0 Å². The number of hydrogen-bond donors (Lipinski definition) is 1. The molecule has 1 aromatic heterocycles. The highest BCUT2D eigenvalue weighted by molar-refractivity contribution is 5.88. The smallest absolute Gasteiger partial charge is 0.339 e. The molecule has 1 amide bonds. The minimum absolute atomic E-state index is 0.0796. The number of ether oxygens (including phenoxy) is 2. The Hall–Kier alpha value is -2.34. The largest absolute Gasteiger partial charge is 0.483 e. The number of rotatable bonds is 5. The molecule has 1 fully saturated rings. The maximum Gasteiger partial charge on any atom is 0.339 e. The lowest BCUT2D eigenvalue weighted by atomic mass is 10.0. The average molecular weight is 359 g/mol. The van der Waals surface area contributed by atoms with E-state index in [1.54, 1.807) is 13.0 Å². The van der Waals surface area contributed by atoms with E-state index in [9.17, 15) is 9.59 Å². The van der Waals surface area contributed by atoms with Gasteiger partial charge in [0.1, 0.15) is 11.3 Å². The third kappa shape index (κ3) is 4.07. The Morgan fingerprint density at radius 2 is 2.08 bits per heavy atom. The summed E-state index contributed by atoms with van der Waals surface area (Å²) in [5.74, 6) is 0.754. The monoisotopic (exact) mass is 359 g/mol. The fourth-order valence-electron chi connectivity index (χ4n) is 3.22. The van der Waals surface area contributed by atoms with E-state index in [0.29, 0.717) is 36.0 Å². The molecule has 1 aromatic carbocycles. The number of benzene rings is 1. The molecule has 0 saturated carbocycles. The number of amides is 1. The van der Waals surface area contributed by atoms with Crippen LogP contribution in [0.15, 0.2) is 21.3 Å². The Labute approximate surface area is 152 Å². The number of nitrogens with one attached hydrogen (secondary N) is 1. The van der Waals surface area contributed by atoms with Crippen molar-refractivity contribution in [3.63, 3.8) is 0 Å². The quantitative estimate of drug-likeness (QED) is 0.831. The van der Waals surface area contributed by atoms with Crippen molar-refractivity contribution in [3.8, 4) is 5.75 Å². The molecule has 0 bridgehead atoms. The molecule has 1 N–H and O–H groups in total.